The third-order valence-electron chi connectivity index (χ3n) is 4.83. The summed E-state index contributed by atoms with van der Waals surface area (Å²) in [6.45, 7) is 2.37. The van der Waals surface area contributed by atoms with Gasteiger partial charge in [-0.25, -0.2) is 4.98 Å². The Bertz CT molecular complexity index is 1150. The smallest absolute Gasteiger partial charge is 0.231 e. The van der Waals surface area contributed by atoms with E-state index in [1.54, 1.807) is 18.1 Å². The van der Waals surface area contributed by atoms with E-state index in [-0.39, 0.29) is 17.7 Å². The number of thioether (sulfide) groups is 1. The zero-order chi connectivity index (χ0) is 22.3. The zero-order valence-corrected chi connectivity index (χ0v) is 18.6. The summed E-state index contributed by atoms with van der Waals surface area (Å²) in [6, 6.07) is 17.2. The number of aromatic nitrogens is 6. The maximum Gasteiger partial charge on any atom is 0.231 e. The average Bonchev–Trinajstić information content (AvgIpc) is 3.47. The second-order valence-electron chi connectivity index (χ2n) is 7.00. The number of methoxy groups -OCH3 is 1. The van der Waals surface area contributed by atoms with E-state index >= 15 is 0 Å². The van der Waals surface area contributed by atoms with Crippen LogP contribution in [0.15, 0.2) is 72.4 Å². The number of hydrogen-bond acceptors (Lipinski definition) is 7. The number of nitrogens with one attached hydrogen (secondary N) is 1. The van der Waals surface area contributed by atoms with E-state index in [4.69, 9.17) is 4.74 Å². The summed E-state index contributed by atoms with van der Waals surface area (Å²) in [6.07, 6.45) is 3.12. The predicted molar refractivity (Wildman–Crippen MR) is 121 cm³/mol. The maximum atomic E-state index is 12.8. The van der Waals surface area contributed by atoms with Crippen LogP contribution >= 0.6 is 11.8 Å². The molecule has 9 nitrogen and oxygen atoms in total. The standard InChI is InChI=1S/C22H23N7O2S/c1-16-26-27-22(29(16)18-8-10-19(31-2)11-9-18)32-13-21(30)25-20(12-28-15-23-14-24-28)17-6-4-3-5-7-17/h3-11,14-15,20H,12-13H2,1-2H3,(H,25,30). The zero-order valence-electron chi connectivity index (χ0n) is 17.8. The van der Waals surface area contributed by atoms with E-state index in [0.717, 1.165) is 22.8 Å². The molecule has 0 radical (unpaired) electrons. The minimum Gasteiger partial charge on any atom is -0.497 e. The van der Waals surface area contributed by atoms with Crippen molar-refractivity contribution in [3.63, 3.8) is 0 Å². The van der Waals surface area contributed by atoms with Gasteiger partial charge in [-0.3, -0.25) is 14.0 Å². The summed E-state index contributed by atoms with van der Waals surface area (Å²) in [4.78, 5) is 16.8. The first-order valence-corrected chi connectivity index (χ1v) is 11.0. The number of benzene rings is 2. The lowest BCUT2D eigenvalue weighted by molar-refractivity contribution is -0.119. The van der Waals surface area contributed by atoms with Gasteiger partial charge in [0.1, 0.15) is 24.2 Å². The molecule has 4 aromatic rings. The van der Waals surface area contributed by atoms with Crippen LogP contribution in [0.2, 0.25) is 0 Å². The molecule has 164 valence electrons. The molecule has 0 aliphatic carbocycles. The first kappa shape index (κ1) is 21.6. The Labute approximate surface area is 189 Å². The molecule has 0 spiro atoms. The second kappa shape index (κ2) is 10.1. The van der Waals surface area contributed by atoms with Crippen molar-refractivity contribution in [3.05, 3.63) is 78.6 Å². The van der Waals surface area contributed by atoms with Crippen molar-refractivity contribution in [2.24, 2.45) is 0 Å². The van der Waals surface area contributed by atoms with Gasteiger partial charge in [0, 0.05) is 5.69 Å². The quantitative estimate of drug-likeness (QED) is 0.392. The number of rotatable bonds is 9. The summed E-state index contributed by atoms with van der Waals surface area (Å²) in [5.41, 5.74) is 1.91. The molecule has 0 saturated carbocycles. The number of carbonyl (C=O) groups is 1. The van der Waals surface area contributed by atoms with Crippen LogP contribution in [0.4, 0.5) is 0 Å². The predicted octanol–water partition coefficient (Wildman–Crippen LogP) is 2.83. The highest BCUT2D eigenvalue weighted by molar-refractivity contribution is 7.99. The monoisotopic (exact) mass is 449 g/mol. The molecule has 0 aliphatic heterocycles. The van der Waals surface area contributed by atoms with Gasteiger partial charge >= 0.3 is 0 Å². The number of aryl methyl sites for hydroxylation is 1. The summed E-state index contributed by atoms with van der Waals surface area (Å²) in [5.74, 6) is 1.61. The Kier molecular flexibility index (Phi) is 6.81. The van der Waals surface area contributed by atoms with E-state index in [1.807, 2.05) is 66.1 Å². The van der Waals surface area contributed by atoms with E-state index in [1.165, 1.54) is 18.1 Å². The summed E-state index contributed by atoms with van der Waals surface area (Å²) >= 11 is 1.34. The Balaban J connectivity index is 1.45. The summed E-state index contributed by atoms with van der Waals surface area (Å²) in [5, 5.41) is 16.3. The Morgan fingerprint density at radius 2 is 1.91 bits per heavy atom. The second-order valence-corrected chi connectivity index (χ2v) is 7.94. The van der Waals surface area contributed by atoms with Crippen LogP contribution in [-0.4, -0.2) is 48.3 Å². The minimum atomic E-state index is -0.229. The number of nitrogens with zero attached hydrogens (tertiary/aromatic N) is 6. The minimum absolute atomic E-state index is 0.106. The van der Waals surface area contributed by atoms with Crippen LogP contribution in [0.5, 0.6) is 5.75 Å². The molecule has 4 rings (SSSR count). The third kappa shape index (κ3) is 5.14. The molecular weight excluding hydrogens is 426 g/mol. The van der Waals surface area contributed by atoms with Crippen molar-refractivity contribution in [2.75, 3.05) is 12.9 Å². The van der Waals surface area contributed by atoms with Crippen molar-refractivity contribution >= 4 is 17.7 Å². The largest absolute Gasteiger partial charge is 0.497 e. The maximum absolute atomic E-state index is 12.8. The number of ether oxygens (including phenoxy) is 1. The third-order valence-corrected chi connectivity index (χ3v) is 5.76. The van der Waals surface area contributed by atoms with Gasteiger partial charge in [0.2, 0.25) is 5.91 Å². The van der Waals surface area contributed by atoms with E-state index in [9.17, 15) is 4.79 Å². The van der Waals surface area contributed by atoms with Gasteiger partial charge in [-0.1, -0.05) is 42.1 Å². The van der Waals surface area contributed by atoms with Crippen molar-refractivity contribution in [1.29, 1.82) is 0 Å². The van der Waals surface area contributed by atoms with Crippen molar-refractivity contribution < 1.29 is 9.53 Å². The van der Waals surface area contributed by atoms with Crippen LogP contribution in [0.3, 0.4) is 0 Å². The highest BCUT2D eigenvalue weighted by Crippen LogP contribution is 2.24. The lowest BCUT2D eigenvalue weighted by atomic mass is 10.1. The normalized spacial score (nSPS) is 11.8. The molecule has 1 amide bonds. The fourth-order valence-electron chi connectivity index (χ4n) is 3.26. The van der Waals surface area contributed by atoms with Gasteiger partial charge in [-0.15, -0.1) is 10.2 Å². The molecule has 0 bridgehead atoms. The fraction of sp³-hybridized carbons (Fsp3) is 0.227. The van der Waals surface area contributed by atoms with E-state index < -0.39 is 0 Å². The van der Waals surface area contributed by atoms with E-state index in [2.05, 4.69) is 25.6 Å². The molecule has 10 heteroatoms. The average molecular weight is 450 g/mol. The molecule has 0 aliphatic rings. The van der Waals surface area contributed by atoms with Gasteiger partial charge in [0.15, 0.2) is 5.16 Å². The van der Waals surface area contributed by atoms with Crippen molar-refractivity contribution in [3.8, 4) is 11.4 Å². The molecular formula is C22H23N7O2S. The molecule has 0 saturated heterocycles. The molecule has 2 heterocycles. The Morgan fingerprint density at radius 3 is 2.59 bits per heavy atom. The fourth-order valence-corrected chi connectivity index (χ4v) is 4.07. The molecule has 32 heavy (non-hydrogen) atoms. The van der Waals surface area contributed by atoms with Crippen LogP contribution in [0, 0.1) is 6.92 Å². The van der Waals surface area contributed by atoms with Gasteiger partial charge in [-0.05, 0) is 36.8 Å². The summed E-state index contributed by atoms with van der Waals surface area (Å²) in [7, 11) is 1.63. The number of amides is 1. The highest BCUT2D eigenvalue weighted by Gasteiger charge is 2.18. The Morgan fingerprint density at radius 1 is 1.12 bits per heavy atom. The van der Waals surface area contributed by atoms with Gasteiger partial charge < -0.3 is 10.1 Å². The lowest BCUT2D eigenvalue weighted by Gasteiger charge is -2.19. The van der Waals surface area contributed by atoms with Gasteiger partial charge in [0.05, 0.1) is 25.4 Å². The molecule has 1 unspecified atom stereocenters. The first-order valence-electron chi connectivity index (χ1n) is 10.00. The van der Waals surface area contributed by atoms with Gasteiger partial charge in [-0.2, -0.15) is 5.10 Å². The van der Waals surface area contributed by atoms with Crippen LogP contribution in [0.25, 0.3) is 5.69 Å². The van der Waals surface area contributed by atoms with Crippen LogP contribution in [0.1, 0.15) is 17.4 Å². The summed E-state index contributed by atoms with van der Waals surface area (Å²) < 4.78 is 8.85. The number of hydrogen-bond donors (Lipinski definition) is 1. The van der Waals surface area contributed by atoms with Crippen molar-refractivity contribution in [1.82, 2.24) is 34.8 Å². The van der Waals surface area contributed by atoms with Crippen LogP contribution in [-0.2, 0) is 11.3 Å². The van der Waals surface area contributed by atoms with Gasteiger partial charge in [0.25, 0.3) is 0 Å². The lowest BCUT2D eigenvalue weighted by Crippen LogP contribution is -2.32. The van der Waals surface area contributed by atoms with Crippen LogP contribution < -0.4 is 10.1 Å². The van der Waals surface area contributed by atoms with Crippen molar-refractivity contribution in [2.45, 2.75) is 24.7 Å². The topological polar surface area (TPSA) is 99.8 Å². The molecule has 1 atom stereocenters. The molecule has 2 aromatic heterocycles. The highest BCUT2D eigenvalue weighted by atomic mass is 32.2. The molecule has 0 fully saturated rings. The Hall–Kier alpha value is -3.66. The van der Waals surface area contributed by atoms with E-state index in [0.29, 0.717) is 11.7 Å². The number of carbonyl (C=O) groups excluding carboxylic acids is 1. The molecule has 1 N–H and O–H groups in total. The first-order chi connectivity index (χ1) is 15.6. The molecule has 2 aromatic carbocycles. The SMILES string of the molecule is COc1ccc(-n2c(C)nnc2SCC(=O)NC(Cn2cncn2)c2ccccc2)cc1.